The second-order valence-electron chi connectivity index (χ2n) is 32.6. The third kappa shape index (κ3) is 28.0. The van der Waals surface area contributed by atoms with E-state index in [1.807, 2.05) is 69.2 Å². The molecule has 4 fully saturated rings. The zero-order valence-electron chi connectivity index (χ0n) is 66.4. The van der Waals surface area contributed by atoms with Gasteiger partial charge in [-0.05, 0) is 119 Å². The Hall–Kier alpha value is -6.48. The van der Waals surface area contributed by atoms with Crippen LogP contribution in [-0.4, -0.2) is 264 Å². The van der Waals surface area contributed by atoms with E-state index in [1.165, 1.54) is 71.6 Å². The van der Waals surface area contributed by atoms with Gasteiger partial charge in [0.05, 0.1) is 44.8 Å². The number of nitrogens with one attached hydrogen (secondary N) is 5. The molecule has 2 aliphatic carbocycles. The first-order valence-electron chi connectivity index (χ1n) is 39.3. The number of nitrogens with zero attached hydrogens (tertiary/aromatic N) is 7. The molecule has 4 aliphatic rings. The number of aliphatic hydroxyl groups excluding tert-OH is 2. The van der Waals surface area contributed by atoms with Gasteiger partial charge in [-0.25, -0.2) is 0 Å². The molecule has 12 amide bonds. The third-order valence-corrected chi connectivity index (χ3v) is 21.2. The van der Waals surface area contributed by atoms with Gasteiger partial charge < -0.3 is 75.8 Å². The van der Waals surface area contributed by atoms with E-state index in [0.29, 0.717) is 32.4 Å². The molecule has 0 aromatic carbocycles. The van der Waals surface area contributed by atoms with Crippen LogP contribution < -0.4 is 26.6 Å². The molecular weight excluding hydrogens is 1330 g/mol. The van der Waals surface area contributed by atoms with Gasteiger partial charge in [0.1, 0.15) is 54.4 Å². The van der Waals surface area contributed by atoms with Crippen LogP contribution in [0.2, 0.25) is 0 Å². The Bertz CT molecular complexity index is 2790. The lowest BCUT2D eigenvalue weighted by atomic mass is 9.84. The maximum atomic E-state index is 15.7. The maximum absolute atomic E-state index is 15.7. The van der Waals surface area contributed by atoms with E-state index in [-0.39, 0.29) is 113 Å². The van der Waals surface area contributed by atoms with Crippen LogP contribution in [0, 0.1) is 47.3 Å². The van der Waals surface area contributed by atoms with Crippen molar-refractivity contribution in [3.8, 4) is 0 Å². The van der Waals surface area contributed by atoms with Crippen molar-refractivity contribution in [1.29, 1.82) is 0 Å². The Morgan fingerprint density at radius 3 is 1.40 bits per heavy atom. The number of likely N-dealkylation sites (N-methyl/N-ethyl adjacent to an activating group) is 5. The van der Waals surface area contributed by atoms with Crippen LogP contribution in [0.4, 0.5) is 0 Å². The third-order valence-electron chi connectivity index (χ3n) is 21.2. The Balaban J connectivity index is 1.98. The van der Waals surface area contributed by atoms with Crippen LogP contribution >= 0.6 is 0 Å². The first-order valence-corrected chi connectivity index (χ1v) is 39.3. The maximum Gasteiger partial charge on any atom is 0.248 e. The highest BCUT2D eigenvalue weighted by atomic mass is 16.5. The number of aliphatic hydroxyl groups is 2. The number of carbonyl (C=O) groups excluding carboxylic acids is 12. The van der Waals surface area contributed by atoms with Crippen LogP contribution in [-0.2, 0) is 62.3 Å². The average molecular weight is 1470 g/mol. The van der Waals surface area contributed by atoms with Crippen molar-refractivity contribution in [3.63, 3.8) is 0 Å². The van der Waals surface area contributed by atoms with E-state index in [4.69, 9.17) is 4.74 Å². The molecule has 0 aromatic heterocycles. The summed E-state index contributed by atoms with van der Waals surface area (Å²) in [5.41, 5.74) is 0. The van der Waals surface area contributed by atoms with Crippen molar-refractivity contribution in [1.82, 2.24) is 60.9 Å². The van der Waals surface area contributed by atoms with Crippen molar-refractivity contribution >= 4 is 70.9 Å². The largest absolute Gasteiger partial charge is 0.394 e. The van der Waals surface area contributed by atoms with Gasteiger partial charge in [-0.3, -0.25) is 57.5 Å². The molecule has 7 N–H and O–H groups in total. The fraction of sp³-hybridized carbons (Fsp3) is 0.844. The molecular formula is C77H136N12O15. The molecule has 594 valence electrons. The van der Waals surface area contributed by atoms with E-state index in [1.54, 1.807) is 11.8 Å². The number of likely N-dealkylation sites (tertiary alicyclic amines) is 1. The summed E-state index contributed by atoms with van der Waals surface area (Å²) < 4.78 is 5.76. The summed E-state index contributed by atoms with van der Waals surface area (Å²) in [6.45, 7) is 20.8. The molecule has 11 atom stereocenters. The molecule has 0 aromatic rings. The van der Waals surface area contributed by atoms with Crippen molar-refractivity contribution in [2.45, 2.75) is 285 Å². The van der Waals surface area contributed by atoms with Crippen molar-refractivity contribution < 1.29 is 72.5 Å². The van der Waals surface area contributed by atoms with Gasteiger partial charge in [0, 0.05) is 61.4 Å². The summed E-state index contributed by atoms with van der Waals surface area (Å²) >= 11 is 0. The highest BCUT2D eigenvalue weighted by Crippen LogP contribution is 2.32. The Kier molecular flexibility index (Phi) is 38.6. The SMILES string of the molecule is CCCN1CC(=O)N(C)[C@@H](CC(C)C)C(=O)N[C@@H](CC(C)C)C(=O)N(C)[C@@H](CC2CCCCC2)C(=O)N(C)[C@@H](CC(C)C)C(=O)N[C@H](C(=O)N2CCCCC2)CC(=O)N[C@H](CC(C)C)C(=O)N(C)[C@@H](CC2CCCCC2)C(=O)NC[C@@H](COCCO)C(=O)N(C)[C@@H](CC(C)C)C(=O)N[C@@H]([C@@H](C)O)C1=O. The van der Waals surface area contributed by atoms with Gasteiger partial charge >= 0.3 is 0 Å². The van der Waals surface area contributed by atoms with E-state index < -0.39 is 157 Å². The second kappa shape index (κ2) is 44.6. The van der Waals surface area contributed by atoms with Crippen LogP contribution in [0.25, 0.3) is 0 Å². The van der Waals surface area contributed by atoms with Crippen LogP contribution in [0.15, 0.2) is 0 Å². The van der Waals surface area contributed by atoms with Crippen LogP contribution in [0.5, 0.6) is 0 Å². The quantitative estimate of drug-likeness (QED) is 0.0701. The lowest BCUT2D eigenvalue weighted by molar-refractivity contribution is -0.151. The molecule has 2 heterocycles. The molecule has 0 unspecified atom stereocenters. The topological polar surface area (TPSA) is 337 Å². The molecule has 2 saturated heterocycles. The lowest BCUT2D eigenvalue weighted by Crippen LogP contribution is -2.61. The Morgan fingerprint density at radius 2 is 0.923 bits per heavy atom. The summed E-state index contributed by atoms with van der Waals surface area (Å²) in [5, 5.41) is 35.7. The molecule has 27 nitrogen and oxygen atoms in total. The number of carbonyl (C=O) groups is 12. The molecule has 0 bridgehead atoms. The van der Waals surface area contributed by atoms with E-state index in [2.05, 4.69) is 26.6 Å². The molecule has 2 aliphatic heterocycles. The summed E-state index contributed by atoms with van der Waals surface area (Å²) in [4.78, 5) is 190. The standard InChI is InChI=1S/C77H136N12O15/c1-18-32-89-46-66(93)83(13)60(39-50(6)7)69(95)80-58(38-49(4)5)74(100)87(17)64(43-55-30-24-20-25-31-55)76(102)86(16)61(40-51(8)9)70(96)81-59(75(101)88-33-26-21-27-34-88)44-65(92)79-57(37-48(2)3)73(99)85(15)63(42-54-28-22-19-23-29-54)68(94)78-45-56(47-104-36-35-90)72(98)84(14)62(41-52(10)11)71(97)82-67(53(12)91)77(89)103/h48-64,67,90-91H,18-47H2,1-17H3,(H,78,94)(H,79,92)(H,80,95)(H,81,96)(H,82,97)/t53-,56+,57-,58+,59+,60+,61+,62+,63+,64+,67+/m1/s1. The molecule has 4 rings (SSSR count). The zero-order valence-corrected chi connectivity index (χ0v) is 66.4. The Morgan fingerprint density at radius 1 is 0.490 bits per heavy atom. The predicted molar refractivity (Wildman–Crippen MR) is 398 cm³/mol. The number of piperidine rings is 1. The lowest BCUT2D eigenvalue weighted by Gasteiger charge is -2.39. The smallest absolute Gasteiger partial charge is 0.248 e. The fourth-order valence-corrected chi connectivity index (χ4v) is 15.2. The second-order valence-corrected chi connectivity index (χ2v) is 32.6. The van der Waals surface area contributed by atoms with Crippen molar-refractivity contribution in [2.24, 2.45) is 47.3 Å². The van der Waals surface area contributed by atoms with Gasteiger partial charge in [0.25, 0.3) is 0 Å². The monoisotopic (exact) mass is 1470 g/mol. The van der Waals surface area contributed by atoms with Gasteiger partial charge in [-0.1, -0.05) is 140 Å². The molecule has 2 saturated carbocycles. The number of rotatable bonds is 22. The first-order chi connectivity index (χ1) is 49.0. The Labute approximate surface area is 621 Å². The molecule has 0 spiro atoms. The highest BCUT2D eigenvalue weighted by molar-refractivity contribution is 5.99. The summed E-state index contributed by atoms with van der Waals surface area (Å²) in [5.74, 6) is -9.92. The van der Waals surface area contributed by atoms with Gasteiger partial charge in [-0.15, -0.1) is 0 Å². The minimum Gasteiger partial charge on any atom is -0.394 e. The van der Waals surface area contributed by atoms with Crippen molar-refractivity contribution in [3.05, 3.63) is 0 Å². The highest BCUT2D eigenvalue weighted by Gasteiger charge is 2.44. The zero-order chi connectivity index (χ0) is 77.8. The minimum atomic E-state index is -1.64. The number of amides is 12. The molecule has 104 heavy (non-hydrogen) atoms. The molecule has 0 radical (unpaired) electrons. The minimum absolute atomic E-state index is 0.0107. The molecule has 27 heteroatoms. The van der Waals surface area contributed by atoms with E-state index >= 15 is 33.6 Å². The average Bonchev–Trinajstić information content (AvgIpc) is 0.813. The van der Waals surface area contributed by atoms with Gasteiger partial charge in [0.15, 0.2) is 0 Å². The number of hydrogen-bond donors (Lipinski definition) is 7. The normalized spacial score (nSPS) is 26.8. The summed E-state index contributed by atoms with van der Waals surface area (Å²) in [6, 6.07) is -11.5. The number of ether oxygens (including phenoxy) is 1. The van der Waals surface area contributed by atoms with E-state index in [9.17, 15) is 34.2 Å². The first kappa shape index (κ1) is 89.9. The predicted octanol–water partition coefficient (Wildman–Crippen LogP) is 5.01. The summed E-state index contributed by atoms with van der Waals surface area (Å²) in [6.07, 6.45) is 10.4. The van der Waals surface area contributed by atoms with E-state index in [0.717, 1.165) is 70.6 Å². The van der Waals surface area contributed by atoms with Gasteiger partial charge in [-0.2, -0.15) is 0 Å². The fourth-order valence-electron chi connectivity index (χ4n) is 15.2. The van der Waals surface area contributed by atoms with Crippen molar-refractivity contribution in [2.75, 3.05) is 87.8 Å². The van der Waals surface area contributed by atoms with Crippen LogP contribution in [0.3, 0.4) is 0 Å². The number of hydrogen-bond acceptors (Lipinski definition) is 15. The van der Waals surface area contributed by atoms with Crippen LogP contribution in [0.1, 0.15) is 224 Å². The van der Waals surface area contributed by atoms with Gasteiger partial charge in [0.2, 0.25) is 70.9 Å². The summed E-state index contributed by atoms with van der Waals surface area (Å²) in [7, 11) is 7.38.